The third-order valence-corrected chi connectivity index (χ3v) is 4.74. The molecule has 1 aliphatic rings. The van der Waals surface area contributed by atoms with Gasteiger partial charge in [-0.2, -0.15) is 5.26 Å². The van der Waals surface area contributed by atoms with Gasteiger partial charge in [0.25, 0.3) is 0 Å². The third kappa shape index (κ3) is 4.12. The summed E-state index contributed by atoms with van der Waals surface area (Å²) < 4.78 is 5.32. The van der Waals surface area contributed by atoms with E-state index in [-0.39, 0.29) is 11.8 Å². The first kappa shape index (κ1) is 19.4. The summed E-state index contributed by atoms with van der Waals surface area (Å²) in [7, 11) is 0. The molecule has 5 heteroatoms. The zero-order chi connectivity index (χ0) is 20.1. The van der Waals surface area contributed by atoms with Crippen LogP contribution in [0, 0.1) is 11.3 Å². The van der Waals surface area contributed by atoms with E-state index in [1.54, 1.807) is 37.3 Å². The highest BCUT2D eigenvalue weighted by molar-refractivity contribution is 6.08. The zero-order valence-electron chi connectivity index (χ0n) is 15.9. The monoisotopic (exact) mass is 374 g/mol. The molecular formula is C23H22N2O3. The van der Waals surface area contributed by atoms with Crippen LogP contribution in [0.5, 0.6) is 0 Å². The molecule has 0 spiro atoms. The summed E-state index contributed by atoms with van der Waals surface area (Å²) in [6, 6.07) is 14.6. The van der Waals surface area contributed by atoms with Gasteiger partial charge in [-0.05, 0) is 55.2 Å². The van der Waals surface area contributed by atoms with Gasteiger partial charge < -0.3 is 9.64 Å². The van der Waals surface area contributed by atoms with E-state index in [9.17, 15) is 14.9 Å². The minimum Gasteiger partial charge on any atom is -0.462 e. The standard InChI is InChI=1S/C23H22N2O3/c1-16(2)22(26)19-13-18-9-11-25(21(18)20(14-19)15-24)10-6-12-28-23(27)17-7-4-3-5-8-17/h3-5,7-8,13-14H,1,6,9-12H2,2H3. The Balaban J connectivity index is 1.63. The Morgan fingerprint density at radius 2 is 1.96 bits per heavy atom. The van der Waals surface area contributed by atoms with Crippen LogP contribution in [-0.4, -0.2) is 31.4 Å². The van der Waals surface area contributed by atoms with Gasteiger partial charge in [-0.1, -0.05) is 24.8 Å². The lowest BCUT2D eigenvalue weighted by Gasteiger charge is -2.20. The third-order valence-electron chi connectivity index (χ3n) is 4.74. The summed E-state index contributed by atoms with van der Waals surface area (Å²) in [4.78, 5) is 26.3. The highest BCUT2D eigenvalue weighted by Gasteiger charge is 2.24. The fourth-order valence-electron chi connectivity index (χ4n) is 3.39. The van der Waals surface area contributed by atoms with Crippen LogP contribution in [0.2, 0.25) is 0 Å². The topological polar surface area (TPSA) is 70.4 Å². The number of benzene rings is 2. The van der Waals surface area contributed by atoms with Gasteiger partial charge in [-0.25, -0.2) is 4.79 Å². The smallest absolute Gasteiger partial charge is 0.338 e. The lowest BCUT2D eigenvalue weighted by Crippen LogP contribution is -2.24. The molecule has 0 saturated heterocycles. The quantitative estimate of drug-likeness (QED) is 0.318. The van der Waals surface area contributed by atoms with Crippen LogP contribution in [0.25, 0.3) is 0 Å². The second-order valence-corrected chi connectivity index (χ2v) is 6.85. The number of carbonyl (C=O) groups excluding carboxylic acids is 2. The van der Waals surface area contributed by atoms with Crippen molar-refractivity contribution in [3.8, 4) is 6.07 Å². The molecule has 1 heterocycles. The Morgan fingerprint density at radius 1 is 1.21 bits per heavy atom. The van der Waals surface area contributed by atoms with E-state index in [2.05, 4.69) is 17.5 Å². The van der Waals surface area contributed by atoms with E-state index in [0.29, 0.717) is 41.8 Å². The average molecular weight is 374 g/mol. The lowest BCUT2D eigenvalue weighted by molar-refractivity contribution is 0.0502. The van der Waals surface area contributed by atoms with Crippen LogP contribution in [-0.2, 0) is 11.2 Å². The first-order chi connectivity index (χ1) is 13.5. The molecule has 0 radical (unpaired) electrons. The fraction of sp³-hybridized carbons (Fsp3) is 0.261. The number of ether oxygens (including phenoxy) is 1. The minimum atomic E-state index is -0.330. The summed E-state index contributed by atoms with van der Waals surface area (Å²) in [6.45, 7) is 7.14. The summed E-state index contributed by atoms with van der Waals surface area (Å²) in [6.07, 6.45) is 1.44. The molecule has 142 valence electrons. The molecule has 3 rings (SSSR count). The number of carbonyl (C=O) groups is 2. The largest absolute Gasteiger partial charge is 0.462 e. The molecular weight excluding hydrogens is 352 g/mol. The minimum absolute atomic E-state index is 0.134. The first-order valence-electron chi connectivity index (χ1n) is 9.25. The maximum absolute atomic E-state index is 12.2. The molecule has 5 nitrogen and oxygen atoms in total. The molecule has 0 fully saturated rings. The number of hydrogen-bond donors (Lipinski definition) is 0. The van der Waals surface area contributed by atoms with Gasteiger partial charge in [0.05, 0.1) is 23.4 Å². The summed E-state index contributed by atoms with van der Waals surface area (Å²) in [5.74, 6) is -0.464. The van der Waals surface area contributed by atoms with E-state index < -0.39 is 0 Å². The van der Waals surface area contributed by atoms with Crippen molar-refractivity contribution in [2.75, 3.05) is 24.6 Å². The summed E-state index contributed by atoms with van der Waals surface area (Å²) in [5, 5.41) is 9.56. The predicted molar refractivity (Wildman–Crippen MR) is 108 cm³/mol. The highest BCUT2D eigenvalue weighted by Crippen LogP contribution is 2.33. The molecule has 0 saturated carbocycles. The van der Waals surface area contributed by atoms with Crippen molar-refractivity contribution in [1.82, 2.24) is 0 Å². The average Bonchev–Trinajstić information content (AvgIpc) is 3.13. The van der Waals surface area contributed by atoms with Crippen LogP contribution in [0.1, 0.15) is 45.2 Å². The van der Waals surface area contributed by atoms with E-state index >= 15 is 0 Å². The Bertz CT molecular complexity index is 958. The number of nitrogens with zero attached hydrogens (tertiary/aromatic N) is 2. The number of Topliss-reactive ketones (excluding diaryl/α,β-unsaturated/α-hetero) is 1. The number of nitriles is 1. The zero-order valence-corrected chi connectivity index (χ0v) is 15.9. The fourth-order valence-corrected chi connectivity index (χ4v) is 3.39. The van der Waals surface area contributed by atoms with Gasteiger partial charge in [0.1, 0.15) is 6.07 Å². The molecule has 0 atom stereocenters. The van der Waals surface area contributed by atoms with Crippen LogP contribution in [0.15, 0.2) is 54.6 Å². The van der Waals surface area contributed by atoms with Gasteiger partial charge in [-0.3, -0.25) is 4.79 Å². The summed E-state index contributed by atoms with van der Waals surface area (Å²) >= 11 is 0. The van der Waals surface area contributed by atoms with Gasteiger partial charge in [0, 0.05) is 18.7 Å². The van der Waals surface area contributed by atoms with Gasteiger partial charge in [-0.15, -0.1) is 0 Å². The molecule has 0 bridgehead atoms. The molecule has 0 aromatic heterocycles. The van der Waals surface area contributed by atoms with E-state index in [4.69, 9.17) is 4.74 Å². The van der Waals surface area contributed by atoms with Crippen molar-refractivity contribution in [2.45, 2.75) is 19.8 Å². The molecule has 0 unspecified atom stereocenters. The van der Waals surface area contributed by atoms with Crippen LogP contribution >= 0.6 is 0 Å². The maximum atomic E-state index is 12.2. The molecule has 0 N–H and O–H groups in total. The number of allylic oxidation sites excluding steroid dienone is 1. The maximum Gasteiger partial charge on any atom is 0.338 e. The van der Waals surface area contributed by atoms with Crippen LogP contribution < -0.4 is 4.90 Å². The van der Waals surface area contributed by atoms with Gasteiger partial charge >= 0.3 is 5.97 Å². The van der Waals surface area contributed by atoms with Crippen LogP contribution in [0.3, 0.4) is 0 Å². The number of fused-ring (bicyclic) bond motifs is 1. The Hall–Kier alpha value is -3.39. The van der Waals surface area contributed by atoms with Crippen molar-refractivity contribution in [2.24, 2.45) is 0 Å². The number of hydrogen-bond acceptors (Lipinski definition) is 5. The second-order valence-electron chi connectivity index (χ2n) is 6.85. The number of ketones is 1. The first-order valence-corrected chi connectivity index (χ1v) is 9.25. The molecule has 0 amide bonds. The Kier molecular flexibility index (Phi) is 5.90. The molecule has 2 aromatic carbocycles. The van der Waals surface area contributed by atoms with Gasteiger partial charge in [0.2, 0.25) is 0 Å². The number of esters is 1. The highest BCUT2D eigenvalue weighted by atomic mass is 16.5. The molecule has 2 aromatic rings. The van der Waals surface area contributed by atoms with Gasteiger partial charge in [0.15, 0.2) is 5.78 Å². The second kappa shape index (κ2) is 8.53. The predicted octanol–water partition coefficient (Wildman–Crippen LogP) is 3.93. The Morgan fingerprint density at radius 3 is 2.64 bits per heavy atom. The van der Waals surface area contributed by atoms with Crippen molar-refractivity contribution >= 4 is 17.4 Å². The van der Waals surface area contributed by atoms with Crippen molar-refractivity contribution in [1.29, 1.82) is 5.26 Å². The molecule has 28 heavy (non-hydrogen) atoms. The number of anilines is 1. The van der Waals surface area contributed by atoms with Crippen LogP contribution in [0.4, 0.5) is 5.69 Å². The Labute approximate surface area is 164 Å². The normalized spacial score (nSPS) is 12.2. The lowest BCUT2D eigenvalue weighted by atomic mass is 9.98. The molecule has 0 aliphatic carbocycles. The van der Waals surface area contributed by atoms with Crippen molar-refractivity contribution in [3.05, 3.63) is 76.9 Å². The van der Waals surface area contributed by atoms with E-state index in [0.717, 1.165) is 24.2 Å². The number of rotatable bonds is 7. The SMILES string of the molecule is C=C(C)C(=O)c1cc(C#N)c2c(c1)CCN2CCCOC(=O)c1ccccc1. The van der Waals surface area contributed by atoms with E-state index in [1.165, 1.54) is 0 Å². The molecule has 1 aliphatic heterocycles. The summed E-state index contributed by atoms with van der Waals surface area (Å²) in [5.41, 5.74) is 3.90. The van der Waals surface area contributed by atoms with E-state index in [1.807, 2.05) is 12.1 Å². The van der Waals surface area contributed by atoms with Crippen molar-refractivity contribution in [3.63, 3.8) is 0 Å². The van der Waals surface area contributed by atoms with Crippen molar-refractivity contribution < 1.29 is 14.3 Å².